The third-order valence-electron chi connectivity index (χ3n) is 3.21. The first kappa shape index (κ1) is 16.3. The molecule has 0 spiro atoms. The van der Waals surface area contributed by atoms with Gasteiger partial charge in [0.15, 0.2) is 0 Å². The van der Waals surface area contributed by atoms with E-state index < -0.39 is 29.1 Å². The summed E-state index contributed by atoms with van der Waals surface area (Å²) in [5.74, 6) is -1.09. The fraction of sp³-hybridized carbons (Fsp3) is 0.429. The summed E-state index contributed by atoms with van der Waals surface area (Å²) in [6.07, 6.45) is -4.84. The lowest BCUT2D eigenvalue weighted by Gasteiger charge is -2.22. The van der Waals surface area contributed by atoms with Crippen molar-refractivity contribution >= 4 is 17.6 Å². The molecule has 1 aliphatic heterocycles. The van der Waals surface area contributed by atoms with Crippen LogP contribution in [0.15, 0.2) is 23.2 Å². The molecule has 0 radical (unpaired) electrons. The number of halogens is 4. The fourth-order valence-corrected chi connectivity index (χ4v) is 2.28. The monoisotopic (exact) mass is 317 g/mol. The zero-order valence-electron chi connectivity index (χ0n) is 12.3. The Hall–Kier alpha value is -2.12. The first-order valence-electron chi connectivity index (χ1n) is 6.62. The average molecular weight is 317 g/mol. The van der Waals surface area contributed by atoms with Gasteiger partial charge >= 0.3 is 12.2 Å². The summed E-state index contributed by atoms with van der Waals surface area (Å²) in [5.41, 5.74) is -2.32. The Morgan fingerprint density at radius 3 is 2.50 bits per heavy atom. The lowest BCUT2D eigenvalue weighted by atomic mass is 10.1. The van der Waals surface area contributed by atoms with Crippen molar-refractivity contribution in [1.82, 2.24) is 5.32 Å². The van der Waals surface area contributed by atoms with Crippen LogP contribution in [-0.2, 0) is 6.18 Å². The molecule has 0 atom stereocenters. The van der Waals surface area contributed by atoms with Crippen molar-refractivity contribution in [3.05, 3.63) is 29.6 Å². The van der Waals surface area contributed by atoms with Gasteiger partial charge < -0.3 is 5.32 Å². The number of benzene rings is 1. The first-order valence-corrected chi connectivity index (χ1v) is 6.62. The molecule has 0 bridgehead atoms. The summed E-state index contributed by atoms with van der Waals surface area (Å²) >= 11 is 0. The normalized spacial score (nSPS) is 19.7. The molecular weight excluding hydrogens is 302 g/mol. The lowest BCUT2D eigenvalue weighted by Crippen LogP contribution is -2.40. The lowest BCUT2D eigenvalue weighted by molar-refractivity contribution is -0.139. The van der Waals surface area contributed by atoms with Gasteiger partial charge in [-0.25, -0.2) is 14.1 Å². The molecule has 2 amide bonds. The van der Waals surface area contributed by atoms with Crippen molar-refractivity contribution in [2.24, 2.45) is 4.99 Å². The molecule has 8 heteroatoms. The second kappa shape index (κ2) is 5.26. The van der Waals surface area contributed by atoms with Crippen molar-refractivity contribution in [1.29, 1.82) is 0 Å². The molecule has 1 aromatic carbocycles. The number of urea groups is 1. The van der Waals surface area contributed by atoms with Gasteiger partial charge in [0.25, 0.3) is 0 Å². The molecule has 4 nitrogen and oxygen atoms in total. The molecule has 1 heterocycles. The number of hydrogen-bond donors (Lipinski definition) is 1. The first-order chi connectivity index (χ1) is 10.1. The summed E-state index contributed by atoms with van der Waals surface area (Å²) in [7, 11) is 0. The zero-order valence-corrected chi connectivity index (χ0v) is 12.3. The van der Waals surface area contributed by atoms with Crippen LogP contribution in [0, 0.1) is 5.82 Å². The largest absolute Gasteiger partial charge is 0.419 e. The Balaban J connectivity index is 2.56. The second-order valence-corrected chi connectivity index (χ2v) is 5.35. The van der Waals surface area contributed by atoms with Crippen molar-refractivity contribution in [3.8, 4) is 0 Å². The van der Waals surface area contributed by atoms with Crippen LogP contribution in [0.5, 0.6) is 0 Å². The van der Waals surface area contributed by atoms with Gasteiger partial charge in [0.05, 0.1) is 16.8 Å². The maximum Gasteiger partial charge on any atom is 0.419 e. The molecule has 1 N–H and O–H groups in total. The number of carbonyl (C=O) groups is 1. The van der Waals surface area contributed by atoms with E-state index in [-0.39, 0.29) is 5.69 Å². The van der Waals surface area contributed by atoms with Crippen molar-refractivity contribution in [2.75, 3.05) is 11.4 Å². The minimum absolute atomic E-state index is 0.0796. The Morgan fingerprint density at radius 2 is 1.95 bits per heavy atom. The van der Waals surface area contributed by atoms with Crippen LogP contribution >= 0.6 is 0 Å². The molecule has 1 fully saturated rings. The Bertz CT molecular complexity index is 637. The number of aliphatic imine (C=N–C) groups is 1. The van der Waals surface area contributed by atoms with E-state index in [2.05, 4.69) is 10.3 Å². The molecule has 0 saturated carbocycles. The van der Waals surface area contributed by atoms with Crippen LogP contribution in [0.4, 0.5) is 28.0 Å². The van der Waals surface area contributed by atoms with Crippen LogP contribution < -0.4 is 10.2 Å². The van der Waals surface area contributed by atoms with E-state index in [4.69, 9.17) is 0 Å². The average Bonchev–Trinajstić information content (AvgIpc) is 2.59. The highest BCUT2D eigenvalue weighted by Gasteiger charge is 2.44. The van der Waals surface area contributed by atoms with Gasteiger partial charge in [0.1, 0.15) is 11.7 Å². The van der Waals surface area contributed by atoms with Crippen molar-refractivity contribution in [3.63, 3.8) is 0 Å². The van der Waals surface area contributed by atoms with Gasteiger partial charge in [-0.15, -0.1) is 0 Å². The van der Waals surface area contributed by atoms with Crippen LogP contribution in [0.1, 0.15) is 26.3 Å². The van der Waals surface area contributed by atoms with Crippen LogP contribution in [0.3, 0.4) is 0 Å². The summed E-state index contributed by atoms with van der Waals surface area (Å²) in [4.78, 5) is 17.3. The molecule has 120 valence electrons. The number of rotatable bonds is 2. The highest BCUT2D eigenvalue weighted by Crippen LogP contribution is 2.35. The molecule has 1 saturated heterocycles. The number of amides is 2. The highest BCUT2D eigenvalue weighted by molar-refractivity contribution is 6.25. The van der Waals surface area contributed by atoms with Crippen LogP contribution in [0.25, 0.3) is 0 Å². The molecule has 1 aliphatic rings. The SMILES string of the molecule is CCN=C1N(c2ccc(F)c(C(F)(F)F)c2)C(=O)NC1(C)C. The fourth-order valence-electron chi connectivity index (χ4n) is 2.28. The summed E-state index contributed by atoms with van der Waals surface area (Å²) in [6, 6.07) is 1.83. The third kappa shape index (κ3) is 2.77. The number of anilines is 1. The molecule has 1 aromatic rings. The van der Waals surface area contributed by atoms with Crippen LogP contribution in [-0.4, -0.2) is 24.0 Å². The number of amidine groups is 1. The number of carbonyl (C=O) groups excluding carboxylic acids is 1. The van der Waals surface area contributed by atoms with Gasteiger partial charge in [-0.1, -0.05) is 0 Å². The summed E-state index contributed by atoms with van der Waals surface area (Å²) in [5, 5.41) is 2.63. The van der Waals surface area contributed by atoms with E-state index in [0.29, 0.717) is 24.5 Å². The maximum atomic E-state index is 13.4. The Morgan fingerprint density at radius 1 is 1.32 bits per heavy atom. The Labute approximate surface area is 124 Å². The third-order valence-corrected chi connectivity index (χ3v) is 3.21. The predicted octanol–water partition coefficient (Wildman–Crippen LogP) is 3.57. The molecule has 0 unspecified atom stereocenters. The van der Waals surface area contributed by atoms with Gasteiger partial charge in [-0.3, -0.25) is 4.99 Å². The molecule has 2 rings (SSSR count). The number of alkyl halides is 3. The quantitative estimate of drug-likeness (QED) is 0.833. The van der Waals surface area contributed by atoms with E-state index in [1.165, 1.54) is 0 Å². The smallest absolute Gasteiger partial charge is 0.325 e. The number of nitrogens with one attached hydrogen (secondary N) is 1. The van der Waals surface area contributed by atoms with Gasteiger partial charge in [-0.05, 0) is 39.0 Å². The minimum Gasteiger partial charge on any atom is -0.325 e. The standard InChI is InChI=1S/C14H15F4N3O/c1-4-19-11-13(2,3)20-12(22)21(11)8-5-6-10(15)9(7-8)14(16,17)18/h5-7H,4H2,1-3H3,(H,20,22). The topological polar surface area (TPSA) is 44.7 Å². The molecular formula is C14H15F4N3O. The van der Waals surface area contributed by atoms with Crippen molar-refractivity contribution < 1.29 is 22.4 Å². The van der Waals surface area contributed by atoms with E-state index >= 15 is 0 Å². The number of hydrogen-bond acceptors (Lipinski definition) is 2. The zero-order chi connectivity index (χ0) is 16.7. The predicted molar refractivity (Wildman–Crippen MR) is 74.5 cm³/mol. The Kier molecular flexibility index (Phi) is 3.88. The van der Waals surface area contributed by atoms with E-state index in [9.17, 15) is 22.4 Å². The van der Waals surface area contributed by atoms with E-state index in [0.717, 1.165) is 11.0 Å². The van der Waals surface area contributed by atoms with Gasteiger partial charge in [0, 0.05) is 6.54 Å². The molecule has 0 aliphatic carbocycles. The maximum absolute atomic E-state index is 13.4. The van der Waals surface area contributed by atoms with E-state index in [1.807, 2.05) is 0 Å². The minimum atomic E-state index is -4.84. The molecule has 0 aromatic heterocycles. The van der Waals surface area contributed by atoms with Gasteiger partial charge in [0.2, 0.25) is 0 Å². The highest BCUT2D eigenvalue weighted by atomic mass is 19.4. The van der Waals surface area contributed by atoms with E-state index in [1.54, 1.807) is 20.8 Å². The second-order valence-electron chi connectivity index (χ2n) is 5.35. The number of nitrogens with zero attached hydrogens (tertiary/aromatic N) is 2. The molecule has 22 heavy (non-hydrogen) atoms. The van der Waals surface area contributed by atoms with Crippen LogP contribution in [0.2, 0.25) is 0 Å². The van der Waals surface area contributed by atoms with Gasteiger partial charge in [-0.2, -0.15) is 13.2 Å². The van der Waals surface area contributed by atoms with Crippen molar-refractivity contribution in [2.45, 2.75) is 32.5 Å². The summed E-state index contributed by atoms with van der Waals surface area (Å²) in [6.45, 7) is 5.48. The summed E-state index contributed by atoms with van der Waals surface area (Å²) < 4.78 is 51.8.